The molecule has 0 aliphatic carbocycles. The summed E-state index contributed by atoms with van der Waals surface area (Å²) in [6.45, 7) is 0.557. The van der Waals surface area contributed by atoms with Gasteiger partial charge in [0.2, 0.25) is 0 Å². The number of fused-ring (bicyclic) bond motifs is 2. The summed E-state index contributed by atoms with van der Waals surface area (Å²) in [7, 11) is 0. The van der Waals surface area contributed by atoms with Crippen LogP contribution in [0.4, 0.5) is 4.39 Å². The van der Waals surface area contributed by atoms with Crippen molar-refractivity contribution in [2.75, 3.05) is 19.5 Å². The number of hydrogen-bond donors (Lipinski definition) is 2. The molecule has 2 aromatic carbocycles. The van der Waals surface area contributed by atoms with Crippen LogP contribution in [0, 0.1) is 5.82 Å². The quantitative estimate of drug-likeness (QED) is 0.406. The Labute approximate surface area is 200 Å². The van der Waals surface area contributed by atoms with Gasteiger partial charge >= 0.3 is 0 Å². The summed E-state index contributed by atoms with van der Waals surface area (Å²) in [5.74, 6) is 0.0480. The van der Waals surface area contributed by atoms with Crippen LogP contribution in [0.15, 0.2) is 65.6 Å². The summed E-state index contributed by atoms with van der Waals surface area (Å²) in [5, 5.41) is 9.90. The molecule has 4 heterocycles. The van der Waals surface area contributed by atoms with Gasteiger partial charge in [-0.1, -0.05) is 36.4 Å². The monoisotopic (exact) mass is 478 g/mol. The topological polar surface area (TPSA) is 76.6 Å². The fraction of sp³-hybridized carbons (Fsp3) is 0.269. The van der Waals surface area contributed by atoms with Crippen LogP contribution in [0.2, 0.25) is 0 Å². The molecule has 2 saturated heterocycles. The number of hydrogen-bond acceptors (Lipinski definition) is 6. The fourth-order valence-corrected chi connectivity index (χ4v) is 4.99. The number of aliphatic hydroxyl groups excluding tert-OH is 1. The van der Waals surface area contributed by atoms with Crippen LogP contribution in [-0.2, 0) is 9.47 Å². The average Bonchev–Trinajstić information content (AvgIpc) is 3.55. The minimum absolute atomic E-state index is 0.236. The summed E-state index contributed by atoms with van der Waals surface area (Å²) in [6, 6.07) is 19.3. The molecule has 2 fully saturated rings. The van der Waals surface area contributed by atoms with Gasteiger partial charge in [0.05, 0.1) is 24.2 Å². The van der Waals surface area contributed by atoms with Crippen molar-refractivity contribution in [3.63, 3.8) is 0 Å². The smallest absolute Gasteiger partial charge is 0.193 e. The van der Waals surface area contributed by atoms with E-state index in [1.165, 1.54) is 11.0 Å². The minimum atomic E-state index is -0.638. The van der Waals surface area contributed by atoms with Crippen LogP contribution in [0.1, 0.15) is 0 Å². The van der Waals surface area contributed by atoms with Crippen LogP contribution in [0.3, 0.4) is 0 Å². The molecule has 2 aromatic heterocycles. The minimum Gasteiger partial charge on any atom is -0.470 e. The largest absolute Gasteiger partial charge is 0.470 e. The SMILES string of the molecule is CSc1ccc(-c2ccc(-c3nc4cc(OC5CO[C@@H]6C(O)CO[C@H]56)[nH]c4cc3F)cc2)cc1. The number of H-pyrrole nitrogens is 1. The van der Waals surface area contributed by atoms with Gasteiger partial charge in [0, 0.05) is 22.6 Å². The molecule has 2 unspecified atom stereocenters. The molecule has 8 heteroatoms. The Hall–Kier alpha value is -2.91. The van der Waals surface area contributed by atoms with E-state index in [0.29, 0.717) is 29.1 Å². The molecule has 0 spiro atoms. The van der Waals surface area contributed by atoms with Gasteiger partial charge in [-0.05, 0) is 29.5 Å². The first-order chi connectivity index (χ1) is 16.6. The van der Waals surface area contributed by atoms with Crippen molar-refractivity contribution >= 4 is 22.8 Å². The third kappa shape index (κ3) is 3.86. The van der Waals surface area contributed by atoms with Gasteiger partial charge in [0.15, 0.2) is 17.8 Å². The molecule has 0 amide bonds. The number of aliphatic hydroxyl groups is 1. The summed E-state index contributed by atoms with van der Waals surface area (Å²) >= 11 is 1.71. The Morgan fingerprint density at radius 3 is 2.38 bits per heavy atom. The van der Waals surface area contributed by atoms with E-state index in [0.717, 1.165) is 11.1 Å². The number of benzene rings is 2. The third-order valence-electron chi connectivity index (χ3n) is 6.37. The van der Waals surface area contributed by atoms with E-state index in [1.54, 1.807) is 17.8 Å². The first-order valence-corrected chi connectivity index (χ1v) is 12.3. The zero-order chi connectivity index (χ0) is 23.2. The molecule has 0 saturated carbocycles. The van der Waals surface area contributed by atoms with Crippen LogP contribution < -0.4 is 4.74 Å². The summed E-state index contributed by atoms with van der Waals surface area (Å²) in [4.78, 5) is 8.84. The lowest BCUT2D eigenvalue weighted by Gasteiger charge is -2.16. The highest BCUT2D eigenvalue weighted by Crippen LogP contribution is 2.32. The van der Waals surface area contributed by atoms with Gasteiger partial charge in [-0.2, -0.15) is 0 Å². The molecular weight excluding hydrogens is 455 g/mol. The molecule has 0 radical (unpaired) electrons. The Morgan fingerprint density at radius 1 is 0.971 bits per heavy atom. The van der Waals surface area contributed by atoms with Crippen molar-refractivity contribution in [3.8, 4) is 28.3 Å². The molecule has 2 aliphatic rings. The maximum absolute atomic E-state index is 15.0. The molecule has 174 valence electrons. The van der Waals surface area contributed by atoms with E-state index in [9.17, 15) is 9.50 Å². The van der Waals surface area contributed by atoms with Crippen molar-refractivity contribution in [2.45, 2.75) is 29.3 Å². The van der Waals surface area contributed by atoms with Gasteiger partial charge < -0.3 is 24.3 Å². The maximum atomic E-state index is 15.0. The zero-order valence-electron chi connectivity index (χ0n) is 18.4. The number of halogens is 1. The van der Waals surface area contributed by atoms with Gasteiger partial charge in [-0.15, -0.1) is 11.8 Å². The van der Waals surface area contributed by atoms with Crippen molar-refractivity contribution in [3.05, 3.63) is 66.5 Å². The first-order valence-electron chi connectivity index (χ1n) is 11.1. The van der Waals surface area contributed by atoms with Crippen molar-refractivity contribution < 1.29 is 23.7 Å². The number of aromatic amines is 1. The average molecular weight is 479 g/mol. The molecule has 4 atom stereocenters. The van der Waals surface area contributed by atoms with E-state index in [1.807, 2.05) is 24.3 Å². The Balaban J connectivity index is 1.24. The normalized spacial score (nSPS) is 24.0. The zero-order valence-corrected chi connectivity index (χ0v) is 19.2. The van der Waals surface area contributed by atoms with Gasteiger partial charge in [-0.3, -0.25) is 0 Å². The number of nitrogens with zero attached hydrogens (tertiary/aromatic N) is 1. The third-order valence-corrected chi connectivity index (χ3v) is 7.12. The Kier molecular flexibility index (Phi) is 5.53. The Bertz CT molecular complexity index is 1330. The summed E-state index contributed by atoms with van der Waals surface area (Å²) in [5.41, 5.74) is 4.31. The second-order valence-corrected chi connectivity index (χ2v) is 9.39. The number of nitrogens with one attached hydrogen (secondary N) is 1. The lowest BCUT2D eigenvalue weighted by Crippen LogP contribution is -2.34. The van der Waals surface area contributed by atoms with Crippen LogP contribution in [0.5, 0.6) is 5.88 Å². The number of ether oxygens (including phenoxy) is 3. The number of aromatic nitrogens is 2. The number of rotatable bonds is 5. The number of pyridine rings is 1. The predicted molar refractivity (Wildman–Crippen MR) is 129 cm³/mol. The highest BCUT2D eigenvalue weighted by atomic mass is 32.2. The van der Waals surface area contributed by atoms with Crippen LogP contribution >= 0.6 is 11.8 Å². The van der Waals surface area contributed by atoms with E-state index in [4.69, 9.17) is 14.2 Å². The second-order valence-electron chi connectivity index (χ2n) is 8.51. The predicted octanol–water partition coefficient (Wildman–Crippen LogP) is 4.66. The van der Waals surface area contributed by atoms with E-state index in [-0.39, 0.29) is 30.6 Å². The van der Waals surface area contributed by atoms with Gasteiger partial charge in [0.25, 0.3) is 0 Å². The molecular formula is C26H23FN2O4S. The molecule has 6 nitrogen and oxygen atoms in total. The first kappa shape index (κ1) is 21.6. The van der Waals surface area contributed by atoms with Crippen LogP contribution in [0.25, 0.3) is 33.4 Å². The fourth-order valence-electron chi connectivity index (χ4n) is 4.58. The van der Waals surface area contributed by atoms with E-state index >= 15 is 0 Å². The lowest BCUT2D eigenvalue weighted by molar-refractivity contribution is 0.00794. The molecule has 4 aromatic rings. The second kappa shape index (κ2) is 8.70. The van der Waals surface area contributed by atoms with Gasteiger partial charge in [0.1, 0.15) is 24.0 Å². The Morgan fingerprint density at radius 2 is 1.65 bits per heavy atom. The number of thioether (sulfide) groups is 1. The standard InChI is InChI=1S/C26H23FN2O4S/c1-34-17-8-6-15(7-9-17)14-2-4-16(5-3-14)24-18(27)10-19-20(29-24)11-23(28-19)33-22-13-32-25-21(30)12-31-26(22)25/h2-11,21-22,25-26,28,30H,12-13H2,1H3/t21?,22?,25-,26-/m1/s1. The lowest BCUT2D eigenvalue weighted by atomic mass is 10.0. The summed E-state index contributed by atoms with van der Waals surface area (Å²) in [6.07, 6.45) is 0.369. The molecule has 34 heavy (non-hydrogen) atoms. The molecule has 6 rings (SSSR count). The highest BCUT2D eigenvalue weighted by Gasteiger charge is 2.48. The molecule has 0 bridgehead atoms. The molecule has 2 aliphatic heterocycles. The van der Waals surface area contributed by atoms with Crippen molar-refractivity contribution in [1.29, 1.82) is 0 Å². The summed E-state index contributed by atoms with van der Waals surface area (Å²) < 4.78 is 32.2. The van der Waals surface area contributed by atoms with Crippen molar-refractivity contribution in [2.24, 2.45) is 0 Å². The van der Waals surface area contributed by atoms with E-state index < -0.39 is 11.9 Å². The molecule has 2 N–H and O–H groups in total. The van der Waals surface area contributed by atoms with Crippen molar-refractivity contribution in [1.82, 2.24) is 9.97 Å². The highest BCUT2D eigenvalue weighted by molar-refractivity contribution is 7.98. The van der Waals surface area contributed by atoms with Crippen LogP contribution in [-0.4, -0.2) is 59.0 Å². The van der Waals surface area contributed by atoms with E-state index in [2.05, 4.69) is 40.5 Å². The maximum Gasteiger partial charge on any atom is 0.193 e. The van der Waals surface area contributed by atoms with Gasteiger partial charge in [-0.25, -0.2) is 9.37 Å².